The predicted octanol–water partition coefficient (Wildman–Crippen LogP) is 2.47. The van der Waals surface area contributed by atoms with Crippen LogP contribution < -0.4 is 5.32 Å². The van der Waals surface area contributed by atoms with Crippen LogP contribution in [0.15, 0.2) is 38.2 Å². The van der Waals surface area contributed by atoms with Gasteiger partial charge in [0.2, 0.25) is 10.0 Å². The van der Waals surface area contributed by atoms with E-state index in [0.29, 0.717) is 18.6 Å². The highest BCUT2D eigenvalue weighted by Crippen LogP contribution is 2.27. The number of amides is 1. The number of carbonyl (C=O) groups excluding carboxylic acids is 1. The number of hydrogen-bond donors (Lipinski definition) is 1. The summed E-state index contributed by atoms with van der Waals surface area (Å²) in [4.78, 5) is 12.1. The van der Waals surface area contributed by atoms with Crippen LogP contribution in [0.25, 0.3) is 0 Å². The molecule has 0 saturated carbocycles. The summed E-state index contributed by atoms with van der Waals surface area (Å²) in [6.07, 6.45) is 0.946. The molecule has 10 heteroatoms. The number of aromatic nitrogens is 1. The second-order valence-electron chi connectivity index (χ2n) is 6.05. The van der Waals surface area contributed by atoms with E-state index in [1.165, 1.54) is 10.4 Å². The molecule has 1 fully saturated rings. The number of hydrogen-bond acceptors (Lipinski definition) is 5. The van der Waals surface area contributed by atoms with Gasteiger partial charge in [0.15, 0.2) is 5.69 Å². The maximum absolute atomic E-state index is 13.2. The van der Waals surface area contributed by atoms with E-state index in [4.69, 9.17) is 4.52 Å². The smallest absolute Gasteiger partial charge is 0.273 e. The van der Waals surface area contributed by atoms with Gasteiger partial charge in [-0.05, 0) is 53.9 Å². The molecule has 1 aliphatic rings. The molecule has 1 N–H and O–H groups in total. The SMILES string of the molecule is Cc1cc(C(=O)NC2CCN(S(=O)(=O)c3ccc(F)cc3Br)CC2)no1. The second-order valence-corrected chi connectivity index (χ2v) is 8.81. The fraction of sp³-hybridized carbons (Fsp3) is 0.375. The van der Waals surface area contributed by atoms with Crippen LogP contribution >= 0.6 is 15.9 Å². The van der Waals surface area contributed by atoms with Crippen LogP contribution in [0.1, 0.15) is 29.1 Å². The number of rotatable bonds is 4. The standard InChI is InChI=1S/C16H17BrFN3O4S/c1-10-8-14(20-25-10)16(22)19-12-4-6-21(7-5-12)26(23,24)15-3-2-11(18)9-13(15)17/h2-3,8-9,12H,4-7H2,1H3,(H,19,22). The van der Waals surface area contributed by atoms with Gasteiger partial charge in [0.1, 0.15) is 11.6 Å². The zero-order chi connectivity index (χ0) is 18.9. The highest BCUT2D eigenvalue weighted by atomic mass is 79.9. The molecule has 0 unspecified atom stereocenters. The maximum Gasteiger partial charge on any atom is 0.273 e. The number of nitrogens with zero attached hydrogens (tertiary/aromatic N) is 2. The minimum Gasteiger partial charge on any atom is -0.361 e. The van der Waals surface area contributed by atoms with Gasteiger partial charge >= 0.3 is 0 Å². The monoisotopic (exact) mass is 445 g/mol. The summed E-state index contributed by atoms with van der Waals surface area (Å²) >= 11 is 3.10. The van der Waals surface area contributed by atoms with E-state index in [1.807, 2.05) is 0 Å². The molecule has 0 bridgehead atoms. The van der Waals surface area contributed by atoms with Crippen molar-refractivity contribution >= 4 is 31.9 Å². The third kappa shape index (κ3) is 3.97. The van der Waals surface area contributed by atoms with E-state index in [2.05, 4.69) is 26.4 Å². The molecule has 1 saturated heterocycles. The minimum atomic E-state index is -3.73. The van der Waals surface area contributed by atoms with Crippen molar-refractivity contribution in [2.24, 2.45) is 0 Å². The van der Waals surface area contributed by atoms with Crippen LogP contribution in [0, 0.1) is 12.7 Å². The Morgan fingerprint density at radius 3 is 2.62 bits per heavy atom. The molecule has 26 heavy (non-hydrogen) atoms. The second kappa shape index (κ2) is 7.45. The van der Waals surface area contributed by atoms with Crippen molar-refractivity contribution in [3.8, 4) is 0 Å². The summed E-state index contributed by atoms with van der Waals surface area (Å²) in [7, 11) is -3.73. The van der Waals surface area contributed by atoms with Crippen LogP contribution in [-0.4, -0.2) is 42.9 Å². The quantitative estimate of drug-likeness (QED) is 0.779. The lowest BCUT2D eigenvalue weighted by Crippen LogP contribution is -2.46. The van der Waals surface area contributed by atoms with Crippen molar-refractivity contribution in [2.45, 2.75) is 30.7 Å². The Kier molecular flexibility index (Phi) is 5.44. The molecule has 0 atom stereocenters. The molecule has 140 valence electrons. The van der Waals surface area contributed by atoms with Crippen molar-refractivity contribution in [3.63, 3.8) is 0 Å². The Labute approximate surface area is 158 Å². The third-order valence-corrected chi connectivity index (χ3v) is 7.04. The van der Waals surface area contributed by atoms with Crippen LogP contribution in [0.2, 0.25) is 0 Å². The van der Waals surface area contributed by atoms with E-state index < -0.39 is 15.8 Å². The van der Waals surface area contributed by atoms with Crippen molar-refractivity contribution in [1.82, 2.24) is 14.8 Å². The number of nitrogens with one attached hydrogen (secondary N) is 1. The summed E-state index contributed by atoms with van der Waals surface area (Å²) in [5.41, 5.74) is 0.202. The molecule has 7 nitrogen and oxygen atoms in total. The zero-order valence-corrected chi connectivity index (χ0v) is 16.3. The van der Waals surface area contributed by atoms with Crippen molar-refractivity contribution in [2.75, 3.05) is 13.1 Å². The molecule has 0 spiro atoms. The van der Waals surface area contributed by atoms with Gasteiger partial charge in [-0.1, -0.05) is 5.16 Å². The van der Waals surface area contributed by atoms with Crippen LogP contribution in [0.3, 0.4) is 0 Å². The topological polar surface area (TPSA) is 92.5 Å². The van der Waals surface area contributed by atoms with Crippen LogP contribution in [-0.2, 0) is 10.0 Å². The summed E-state index contributed by atoms with van der Waals surface area (Å²) in [6.45, 7) is 2.21. The van der Waals surface area contributed by atoms with E-state index in [0.717, 1.165) is 12.1 Å². The molecule has 1 amide bonds. The van der Waals surface area contributed by atoms with Gasteiger partial charge in [0.05, 0.1) is 4.90 Å². The number of sulfonamides is 1. The van der Waals surface area contributed by atoms with E-state index in [9.17, 15) is 17.6 Å². The molecule has 0 aliphatic carbocycles. The van der Waals surface area contributed by atoms with Gasteiger partial charge in [-0.2, -0.15) is 4.31 Å². The van der Waals surface area contributed by atoms with Gasteiger partial charge in [0, 0.05) is 29.7 Å². The first-order valence-corrected chi connectivity index (χ1v) is 10.2. The van der Waals surface area contributed by atoms with Gasteiger partial charge < -0.3 is 9.84 Å². The highest BCUT2D eigenvalue weighted by Gasteiger charge is 2.31. The Morgan fingerprint density at radius 1 is 1.35 bits per heavy atom. The average molecular weight is 446 g/mol. The molecule has 3 rings (SSSR count). The Hall–Kier alpha value is -1.78. The number of piperidine rings is 1. The summed E-state index contributed by atoms with van der Waals surface area (Å²) in [6, 6.07) is 4.88. The molecule has 2 aromatic rings. The molecular weight excluding hydrogens is 429 g/mol. The van der Waals surface area contributed by atoms with E-state index in [1.54, 1.807) is 13.0 Å². The van der Waals surface area contributed by atoms with E-state index >= 15 is 0 Å². The lowest BCUT2D eigenvalue weighted by molar-refractivity contribution is 0.0914. The predicted molar refractivity (Wildman–Crippen MR) is 94.6 cm³/mol. The fourth-order valence-electron chi connectivity index (χ4n) is 2.80. The van der Waals surface area contributed by atoms with Crippen molar-refractivity contribution in [3.05, 3.63) is 46.0 Å². The number of carbonyl (C=O) groups is 1. The van der Waals surface area contributed by atoms with Crippen LogP contribution in [0.4, 0.5) is 4.39 Å². The molecule has 1 aromatic heterocycles. The lowest BCUT2D eigenvalue weighted by atomic mass is 10.1. The van der Waals surface area contributed by atoms with Crippen LogP contribution in [0.5, 0.6) is 0 Å². The van der Waals surface area contributed by atoms with Gasteiger partial charge in [-0.25, -0.2) is 12.8 Å². The normalized spacial score (nSPS) is 16.6. The third-order valence-electron chi connectivity index (χ3n) is 4.16. The Bertz CT molecular complexity index is 923. The highest BCUT2D eigenvalue weighted by molar-refractivity contribution is 9.10. The first kappa shape index (κ1) is 19.0. The lowest BCUT2D eigenvalue weighted by Gasteiger charge is -2.31. The largest absolute Gasteiger partial charge is 0.361 e. The number of halogens is 2. The summed E-state index contributed by atoms with van der Waals surface area (Å²) in [5, 5.41) is 6.50. The van der Waals surface area contributed by atoms with Gasteiger partial charge in [0.25, 0.3) is 5.91 Å². The Balaban J connectivity index is 1.63. The first-order valence-electron chi connectivity index (χ1n) is 7.97. The number of aryl methyl sites for hydroxylation is 1. The summed E-state index contributed by atoms with van der Waals surface area (Å²) in [5.74, 6) is -0.314. The first-order chi connectivity index (χ1) is 12.3. The molecular formula is C16H17BrFN3O4S. The summed E-state index contributed by atoms with van der Waals surface area (Å²) < 4.78 is 45.1. The average Bonchev–Trinajstić information content (AvgIpc) is 3.01. The molecule has 0 radical (unpaired) electrons. The van der Waals surface area contributed by atoms with E-state index in [-0.39, 0.29) is 40.1 Å². The van der Waals surface area contributed by atoms with Gasteiger partial charge in [-0.15, -0.1) is 0 Å². The zero-order valence-electron chi connectivity index (χ0n) is 13.9. The van der Waals surface area contributed by atoms with Gasteiger partial charge in [-0.3, -0.25) is 4.79 Å². The Morgan fingerprint density at radius 2 is 2.04 bits per heavy atom. The molecule has 2 heterocycles. The fourth-order valence-corrected chi connectivity index (χ4v) is 5.28. The minimum absolute atomic E-state index is 0.0273. The van der Waals surface area contributed by atoms with Crippen molar-refractivity contribution in [1.29, 1.82) is 0 Å². The van der Waals surface area contributed by atoms with Crippen molar-refractivity contribution < 1.29 is 22.1 Å². The molecule has 1 aromatic carbocycles. The molecule has 1 aliphatic heterocycles. The maximum atomic E-state index is 13.2. The number of benzene rings is 1.